The Morgan fingerprint density at radius 1 is 1.41 bits per heavy atom. The van der Waals surface area contributed by atoms with Crippen LogP contribution in [0.3, 0.4) is 0 Å². The molecule has 1 fully saturated rings. The van der Waals surface area contributed by atoms with E-state index in [0.717, 1.165) is 18.5 Å². The van der Waals surface area contributed by atoms with Crippen molar-refractivity contribution in [2.75, 3.05) is 19.0 Å². The van der Waals surface area contributed by atoms with E-state index < -0.39 is 0 Å². The predicted molar refractivity (Wildman–Crippen MR) is 69.2 cm³/mol. The summed E-state index contributed by atoms with van der Waals surface area (Å²) in [5.41, 5.74) is 7.42. The lowest BCUT2D eigenvalue weighted by Gasteiger charge is -2.33. The summed E-state index contributed by atoms with van der Waals surface area (Å²) in [5, 5.41) is 2.99. The van der Waals surface area contributed by atoms with Crippen LogP contribution in [-0.2, 0) is 0 Å². The Labute approximate surface area is 102 Å². The maximum Gasteiger partial charge on any atom is 0.251 e. The lowest BCUT2D eigenvalue weighted by Crippen LogP contribution is -2.50. The fourth-order valence-electron chi connectivity index (χ4n) is 1.97. The Hall–Kier alpha value is -1.55. The molecule has 2 rings (SSSR count). The molecule has 0 heterocycles. The highest BCUT2D eigenvalue weighted by Crippen LogP contribution is 2.19. The molecule has 0 spiro atoms. The minimum Gasteiger partial charge on any atom is -0.378 e. The van der Waals surface area contributed by atoms with Gasteiger partial charge in [0.05, 0.1) is 0 Å². The van der Waals surface area contributed by atoms with Gasteiger partial charge in [-0.1, -0.05) is 6.07 Å². The number of hydrogen-bond acceptors (Lipinski definition) is 3. The largest absolute Gasteiger partial charge is 0.378 e. The zero-order valence-electron chi connectivity index (χ0n) is 10.3. The Balaban J connectivity index is 2.01. The van der Waals surface area contributed by atoms with Gasteiger partial charge >= 0.3 is 0 Å². The maximum absolute atomic E-state index is 12.0. The number of nitrogens with two attached hydrogens (primary N) is 1. The summed E-state index contributed by atoms with van der Waals surface area (Å²) < 4.78 is 0. The van der Waals surface area contributed by atoms with Crippen molar-refractivity contribution in [1.29, 1.82) is 0 Å². The molecule has 1 aromatic carbocycles. The first-order chi connectivity index (χ1) is 8.06. The second-order valence-corrected chi connectivity index (χ2v) is 4.85. The second kappa shape index (κ2) is 4.75. The Bertz CT molecular complexity index is 411. The number of carbonyl (C=O) groups is 1. The zero-order chi connectivity index (χ0) is 12.4. The topological polar surface area (TPSA) is 58.4 Å². The van der Waals surface area contributed by atoms with E-state index in [4.69, 9.17) is 5.73 Å². The molecular formula is C13H19N3O. The number of anilines is 1. The van der Waals surface area contributed by atoms with Gasteiger partial charge in [-0.2, -0.15) is 0 Å². The lowest BCUT2D eigenvalue weighted by atomic mass is 9.87. The number of amides is 1. The molecule has 4 heteroatoms. The first-order valence-electron chi connectivity index (χ1n) is 5.90. The van der Waals surface area contributed by atoms with Gasteiger partial charge in [0.25, 0.3) is 5.91 Å². The number of hydrogen-bond donors (Lipinski definition) is 2. The molecule has 1 aromatic rings. The van der Waals surface area contributed by atoms with Crippen molar-refractivity contribution in [2.45, 2.75) is 24.9 Å². The summed E-state index contributed by atoms with van der Waals surface area (Å²) >= 11 is 0. The van der Waals surface area contributed by atoms with E-state index in [9.17, 15) is 4.79 Å². The molecule has 92 valence electrons. The van der Waals surface area contributed by atoms with Crippen LogP contribution in [0.1, 0.15) is 23.2 Å². The van der Waals surface area contributed by atoms with Gasteiger partial charge in [0.2, 0.25) is 0 Å². The SMILES string of the molecule is CN(C)c1cccc(C(=O)NC2CC(N)C2)c1. The molecule has 1 aliphatic carbocycles. The minimum atomic E-state index is -0.00870. The Morgan fingerprint density at radius 2 is 2.12 bits per heavy atom. The van der Waals surface area contributed by atoms with Crippen molar-refractivity contribution in [1.82, 2.24) is 5.32 Å². The molecule has 0 aromatic heterocycles. The standard InChI is InChI=1S/C13H19N3O/c1-16(2)12-5-3-4-9(6-12)13(17)15-11-7-10(14)8-11/h3-6,10-11H,7-8,14H2,1-2H3,(H,15,17). The van der Waals surface area contributed by atoms with E-state index >= 15 is 0 Å². The van der Waals surface area contributed by atoms with Crippen LogP contribution >= 0.6 is 0 Å². The van der Waals surface area contributed by atoms with Gasteiger partial charge in [-0.25, -0.2) is 0 Å². The summed E-state index contributed by atoms with van der Waals surface area (Å²) in [6.45, 7) is 0. The highest BCUT2D eigenvalue weighted by molar-refractivity contribution is 5.95. The van der Waals surface area contributed by atoms with E-state index in [2.05, 4.69) is 5.32 Å². The molecule has 0 aliphatic heterocycles. The minimum absolute atomic E-state index is 0.00870. The van der Waals surface area contributed by atoms with Gasteiger partial charge in [-0.15, -0.1) is 0 Å². The van der Waals surface area contributed by atoms with Crippen molar-refractivity contribution in [2.24, 2.45) is 5.73 Å². The van der Waals surface area contributed by atoms with E-state index in [1.54, 1.807) is 0 Å². The van der Waals surface area contributed by atoms with Gasteiger partial charge < -0.3 is 16.0 Å². The van der Waals surface area contributed by atoms with Crippen molar-refractivity contribution in [3.8, 4) is 0 Å². The van der Waals surface area contributed by atoms with E-state index in [0.29, 0.717) is 5.56 Å². The third kappa shape index (κ3) is 2.77. The van der Waals surface area contributed by atoms with Crippen LogP contribution in [0.4, 0.5) is 5.69 Å². The second-order valence-electron chi connectivity index (χ2n) is 4.85. The summed E-state index contributed by atoms with van der Waals surface area (Å²) in [5.74, 6) is -0.00870. The van der Waals surface area contributed by atoms with Gasteiger partial charge in [-0.3, -0.25) is 4.79 Å². The van der Waals surface area contributed by atoms with Gasteiger partial charge in [0.15, 0.2) is 0 Å². The average molecular weight is 233 g/mol. The van der Waals surface area contributed by atoms with E-state index in [1.807, 2.05) is 43.3 Å². The molecular weight excluding hydrogens is 214 g/mol. The highest BCUT2D eigenvalue weighted by atomic mass is 16.1. The molecule has 1 aliphatic rings. The Morgan fingerprint density at radius 3 is 2.71 bits per heavy atom. The third-order valence-electron chi connectivity index (χ3n) is 3.13. The average Bonchev–Trinajstić information content (AvgIpc) is 2.27. The van der Waals surface area contributed by atoms with Crippen molar-refractivity contribution in [3.05, 3.63) is 29.8 Å². The highest BCUT2D eigenvalue weighted by Gasteiger charge is 2.27. The molecule has 4 nitrogen and oxygen atoms in total. The first-order valence-corrected chi connectivity index (χ1v) is 5.90. The first kappa shape index (κ1) is 11.9. The fraction of sp³-hybridized carbons (Fsp3) is 0.462. The molecule has 1 amide bonds. The van der Waals surface area contributed by atoms with Crippen LogP contribution < -0.4 is 16.0 Å². The number of carbonyl (C=O) groups excluding carboxylic acids is 1. The normalized spacial score (nSPS) is 22.8. The molecule has 0 radical (unpaired) electrons. The van der Waals surface area contributed by atoms with Crippen LogP contribution in [-0.4, -0.2) is 32.1 Å². The fourth-order valence-corrected chi connectivity index (χ4v) is 1.97. The number of rotatable bonds is 3. The smallest absolute Gasteiger partial charge is 0.251 e. The Kier molecular flexibility index (Phi) is 3.33. The number of nitrogens with one attached hydrogen (secondary N) is 1. The summed E-state index contributed by atoms with van der Waals surface area (Å²) in [4.78, 5) is 13.9. The van der Waals surface area contributed by atoms with Gasteiger partial charge in [-0.05, 0) is 31.0 Å². The van der Waals surface area contributed by atoms with E-state index in [-0.39, 0.29) is 18.0 Å². The summed E-state index contributed by atoms with van der Waals surface area (Å²) in [6.07, 6.45) is 1.78. The quantitative estimate of drug-likeness (QED) is 0.818. The molecule has 0 saturated heterocycles. The van der Waals surface area contributed by atoms with Crippen molar-refractivity contribution >= 4 is 11.6 Å². The third-order valence-corrected chi connectivity index (χ3v) is 3.13. The van der Waals surface area contributed by atoms with Crippen LogP contribution in [0, 0.1) is 0 Å². The summed E-state index contributed by atoms with van der Waals surface area (Å²) in [7, 11) is 3.92. The summed E-state index contributed by atoms with van der Waals surface area (Å²) in [6, 6.07) is 8.12. The molecule has 0 bridgehead atoms. The maximum atomic E-state index is 12.0. The number of benzene rings is 1. The molecule has 1 saturated carbocycles. The van der Waals surface area contributed by atoms with Crippen LogP contribution in [0.5, 0.6) is 0 Å². The van der Waals surface area contributed by atoms with Crippen LogP contribution in [0.15, 0.2) is 24.3 Å². The van der Waals surface area contributed by atoms with Crippen LogP contribution in [0.2, 0.25) is 0 Å². The predicted octanol–water partition coefficient (Wildman–Crippen LogP) is 0.972. The molecule has 0 atom stereocenters. The number of nitrogens with zero attached hydrogens (tertiary/aromatic N) is 1. The lowest BCUT2D eigenvalue weighted by molar-refractivity contribution is 0.0910. The van der Waals surface area contributed by atoms with E-state index in [1.165, 1.54) is 0 Å². The molecule has 0 unspecified atom stereocenters. The van der Waals surface area contributed by atoms with Gasteiger partial charge in [0.1, 0.15) is 0 Å². The van der Waals surface area contributed by atoms with Gasteiger partial charge in [0, 0.05) is 37.4 Å². The van der Waals surface area contributed by atoms with Crippen molar-refractivity contribution in [3.63, 3.8) is 0 Å². The van der Waals surface area contributed by atoms with Crippen LogP contribution in [0.25, 0.3) is 0 Å². The molecule has 3 N–H and O–H groups in total. The van der Waals surface area contributed by atoms with Crippen molar-refractivity contribution < 1.29 is 4.79 Å². The molecule has 17 heavy (non-hydrogen) atoms. The zero-order valence-corrected chi connectivity index (χ0v) is 10.3. The monoisotopic (exact) mass is 233 g/mol.